The van der Waals surface area contributed by atoms with Crippen LogP contribution in [-0.2, 0) is 0 Å². The van der Waals surface area contributed by atoms with Gasteiger partial charge < -0.3 is 15.8 Å². The molecule has 0 radical (unpaired) electrons. The molecule has 0 bridgehead atoms. The first kappa shape index (κ1) is 13.0. The number of rotatable bonds is 3. The first-order valence-electron chi connectivity index (χ1n) is 6.22. The molecule has 1 atom stereocenters. The molecule has 0 spiro atoms. The van der Waals surface area contributed by atoms with Gasteiger partial charge in [-0.05, 0) is 31.4 Å². The van der Waals surface area contributed by atoms with Crippen LogP contribution in [0.25, 0.3) is 0 Å². The number of nitrogens with zero attached hydrogens (tertiary/aromatic N) is 2. The van der Waals surface area contributed by atoms with E-state index in [9.17, 15) is 0 Å². The average Bonchev–Trinajstić information content (AvgIpc) is 2.85. The molecule has 5 heteroatoms. The third kappa shape index (κ3) is 2.25. The van der Waals surface area contributed by atoms with Gasteiger partial charge in [-0.2, -0.15) is 0 Å². The summed E-state index contributed by atoms with van der Waals surface area (Å²) in [6.45, 7) is 3.17. The van der Waals surface area contributed by atoms with Crippen molar-refractivity contribution in [3.05, 3.63) is 28.8 Å². The predicted octanol–water partition coefficient (Wildman–Crippen LogP) is 2.81. The molecule has 1 saturated heterocycles. The Balaban J connectivity index is 2.47. The largest absolute Gasteiger partial charge is 0.409 e. The van der Waals surface area contributed by atoms with Gasteiger partial charge in [-0.15, -0.1) is 0 Å². The Kier molecular flexibility index (Phi) is 3.97. The fourth-order valence-electron chi connectivity index (χ4n) is 2.63. The van der Waals surface area contributed by atoms with E-state index in [4.69, 9.17) is 22.5 Å². The van der Waals surface area contributed by atoms with Gasteiger partial charge in [0.05, 0.1) is 10.6 Å². The molecule has 3 N–H and O–H groups in total. The van der Waals surface area contributed by atoms with Gasteiger partial charge in [-0.3, -0.25) is 0 Å². The van der Waals surface area contributed by atoms with Crippen molar-refractivity contribution in [2.45, 2.75) is 32.2 Å². The standard InChI is InChI=1S/C13H18ClN3O/c1-2-9-5-4-8-17(9)11-7-3-6-10(14)12(11)13(15)16-18/h3,6-7,9,18H,2,4-5,8H2,1H3,(H2,15,16). The van der Waals surface area contributed by atoms with Crippen molar-refractivity contribution < 1.29 is 5.21 Å². The van der Waals surface area contributed by atoms with Crippen LogP contribution >= 0.6 is 11.6 Å². The maximum atomic E-state index is 8.89. The highest BCUT2D eigenvalue weighted by Gasteiger charge is 2.26. The Morgan fingerprint density at radius 2 is 2.39 bits per heavy atom. The Labute approximate surface area is 112 Å². The van der Waals surface area contributed by atoms with Crippen molar-refractivity contribution in [3.8, 4) is 0 Å². The van der Waals surface area contributed by atoms with Crippen molar-refractivity contribution >= 4 is 23.1 Å². The molecular weight excluding hydrogens is 250 g/mol. The van der Waals surface area contributed by atoms with E-state index in [1.54, 1.807) is 6.07 Å². The molecule has 2 rings (SSSR count). The maximum Gasteiger partial charge on any atom is 0.173 e. The minimum Gasteiger partial charge on any atom is -0.409 e. The van der Waals surface area contributed by atoms with Crippen LogP contribution in [0.4, 0.5) is 5.69 Å². The van der Waals surface area contributed by atoms with Crippen molar-refractivity contribution in [2.75, 3.05) is 11.4 Å². The fourth-order valence-corrected chi connectivity index (χ4v) is 2.90. The second-order valence-electron chi connectivity index (χ2n) is 4.52. The summed E-state index contributed by atoms with van der Waals surface area (Å²) < 4.78 is 0. The minimum absolute atomic E-state index is 0.0670. The number of oxime groups is 1. The third-order valence-electron chi connectivity index (χ3n) is 3.51. The lowest BCUT2D eigenvalue weighted by molar-refractivity contribution is 0.318. The summed E-state index contributed by atoms with van der Waals surface area (Å²) in [6, 6.07) is 6.15. The number of amidine groups is 1. The smallest absolute Gasteiger partial charge is 0.173 e. The second kappa shape index (κ2) is 5.48. The normalized spacial score (nSPS) is 20.4. The van der Waals surface area contributed by atoms with Gasteiger partial charge in [0.2, 0.25) is 0 Å². The molecule has 0 aromatic heterocycles. The van der Waals surface area contributed by atoms with E-state index in [2.05, 4.69) is 17.0 Å². The van der Waals surface area contributed by atoms with Crippen LogP contribution in [0.1, 0.15) is 31.7 Å². The zero-order valence-corrected chi connectivity index (χ0v) is 11.2. The highest BCUT2D eigenvalue weighted by Crippen LogP contribution is 2.33. The van der Waals surface area contributed by atoms with Crippen molar-refractivity contribution in [1.82, 2.24) is 0 Å². The summed E-state index contributed by atoms with van der Waals surface area (Å²) in [5.41, 5.74) is 7.33. The zero-order chi connectivity index (χ0) is 13.1. The number of anilines is 1. The Morgan fingerprint density at radius 1 is 1.61 bits per heavy atom. The second-order valence-corrected chi connectivity index (χ2v) is 4.92. The van der Waals surface area contributed by atoms with Gasteiger partial charge in [-0.1, -0.05) is 29.7 Å². The number of hydrogen-bond donors (Lipinski definition) is 2. The van der Waals surface area contributed by atoms with Gasteiger partial charge in [0, 0.05) is 18.3 Å². The van der Waals surface area contributed by atoms with E-state index < -0.39 is 0 Å². The molecule has 0 aliphatic carbocycles. The van der Waals surface area contributed by atoms with Crippen molar-refractivity contribution in [2.24, 2.45) is 10.9 Å². The van der Waals surface area contributed by atoms with Crippen LogP contribution in [-0.4, -0.2) is 23.6 Å². The van der Waals surface area contributed by atoms with Crippen LogP contribution in [0.3, 0.4) is 0 Å². The Bertz CT molecular complexity index is 462. The quantitative estimate of drug-likeness (QED) is 0.383. The SMILES string of the molecule is CCC1CCCN1c1cccc(Cl)c1/C(N)=N/O. The molecule has 1 fully saturated rings. The molecule has 1 aromatic rings. The van der Waals surface area contributed by atoms with Gasteiger partial charge in [0.25, 0.3) is 0 Å². The lowest BCUT2D eigenvalue weighted by Crippen LogP contribution is -2.31. The molecule has 1 aliphatic heterocycles. The van der Waals surface area contributed by atoms with E-state index in [0.717, 1.165) is 18.7 Å². The third-order valence-corrected chi connectivity index (χ3v) is 3.83. The molecule has 1 aromatic carbocycles. The van der Waals surface area contributed by atoms with E-state index in [-0.39, 0.29) is 5.84 Å². The Morgan fingerprint density at radius 3 is 3.06 bits per heavy atom. The minimum atomic E-state index is 0.0670. The van der Waals surface area contributed by atoms with E-state index in [1.807, 2.05) is 12.1 Å². The molecule has 18 heavy (non-hydrogen) atoms. The van der Waals surface area contributed by atoms with Crippen LogP contribution in [0.5, 0.6) is 0 Å². The lowest BCUT2D eigenvalue weighted by atomic mass is 10.1. The van der Waals surface area contributed by atoms with E-state index in [1.165, 1.54) is 12.8 Å². The first-order chi connectivity index (χ1) is 8.69. The highest BCUT2D eigenvalue weighted by atomic mass is 35.5. The molecule has 1 aliphatic rings. The molecule has 0 amide bonds. The van der Waals surface area contributed by atoms with Crippen molar-refractivity contribution in [1.29, 1.82) is 0 Å². The number of nitrogens with two attached hydrogens (primary N) is 1. The summed E-state index contributed by atoms with van der Waals surface area (Å²) in [6.07, 6.45) is 3.43. The zero-order valence-electron chi connectivity index (χ0n) is 10.4. The summed E-state index contributed by atoms with van der Waals surface area (Å²) in [5.74, 6) is 0.0670. The summed E-state index contributed by atoms with van der Waals surface area (Å²) in [5, 5.41) is 12.5. The monoisotopic (exact) mass is 267 g/mol. The van der Waals surface area contributed by atoms with Crippen molar-refractivity contribution in [3.63, 3.8) is 0 Å². The fraction of sp³-hybridized carbons (Fsp3) is 0.462. The molecule has 1 heterocycles. The highest BCUT2D eigenvalue weighted by molar-refractivity contribution is 6.34. The van der Waals surface area contributed by atoms with E-state index in [0.29, 0.717) is 16.6 Å². The average molecular weight is 268 g/mol. The summed E-state index contributed by atoms with van der Waals surface area (Å²) in [7, 11) is 0. The number of benzene rings is 1. The molecule has 4 nitrogen and oxygen atoms in total. The number of hydrogen-bond acceptors (Lipinski definition) is 3. The molecule has 1 unspecified atom stereocenters. The lowest BCUT2D eigenvalue weighted by Gasteiger charge is -2.28. The summed E-state index contributed by atoms with van der Waals surface area (Å²) in [4.78, 5) is 2.30. The maximum absolute atomic E-state index is 8.89. The first-order valence-corrected chi connectivity index (χ1v) is 6.59. The molecule has 0 saturated carbocycles. The van der Waals surface area contributed by atoms with Gasteiger partial charge in [0.15, 0.2) is 5.84 Å². The predicted molar refractivity (Wildman–Crippen MR) is 74.6 cm³/mol. The molecule has 98 valence electrons. The topological polar surface area (TPSA) is 61.8 Å². The van der Waals surface area contributed by atoms with Gasteiger partial charge in [-0.25, -0.2) is 0 Å². The van der Waals surface area contributed by atoms with Crippen LogP contribution in [0.2, 0.25) is 5.02 Å². The van der Waals surface area contributed by atoms with Gasteiger partial charge >= 0.3 is 0 Å². The van der Waals surface area contributed by atoms with E-state index >= 15 is 0 Å². The number of halogens is 1. The van der Waals surface area contributed by atoms with Gasteiger partial charge in [0.1, 0.15) is 0 Å². The van der Waals surface area contributed by atoms with Crippen LogP contribution < -0.4 is 10.6 Å². The van der Waals surface area contributed by atoms with Crippen LogP contribution in [0, 0.1) is 0 Å². The molecular formula is C13H18ClN3O. The Hall–Kier alpha value is -1.42. The summed E-state index contributed by atoms with van der Waals surface area (Å²) >= 11 is 6.17. The van der Waals surface area contributed by atoms with Crippen LogP contribution in [0.15, 0.2) is 23.4 Å².